The van der Waals surface area contributed by atoms with Gasteiger partial charge in [-0.25, -0.2) is 4.98 Å². The second kappa shape index (κ2) is 6.64. The Morgan fingerprint density at radius 2 is 2.28 bits per heavy atom. The summed E-state index contributed by atoms with van der Waals surface area (Å²) in [5.74, 6) is 0. The van der Waals surface area contributed by atoms with Crippen LogP contribution < -0.4 is 5.32 Å². The molecule has 2 rings (SSSR count). The van der Waals surface area contributed by atoms with Crippen molar-refractivity contribution in [2.75, 3.05) is 27.2 Å². The summed E-state index contributed by atoms with van der Waals surface area (Å²) in [7, 11) is 4.25. The van der Waals surface area contributed by atoms with Gasteiger partial charge in [0.05, 0.1) is 16.7 Å². The maximum atomic E-state index is 4.89. The van der Waals surface area contributed by atoms with Crippen molar-refractivity contribution in [2.45, 2.75) is 45.1 Å². The largest absolute Gasteiger partial charge is 0.309 e. The molecule has 0 bridgehead atoms. The Hall–Kier alpha value is -0.450. The van der Waals surface area contributed by atoms with Crippen molar-refractivity contribution < 1.29 is 0 Å². The molecule has 3 nitrogen and oxygen atoms in total. The molecule has 102 valence electrons. The van der Waals surface area contributed by atoms with Crippen LogP contribution in [0, 0.1) is 0 Å². The van der Waals surface area contributed by atoms with Gasteiger partial charge in [-0.05, 0) is 46.3 Å². The molecule has 1 aliphatic rings. The lowest BCUT2D eigenvalue weighted by Crippen LogP contribution is -2.25. The molecule has 1 N–H and O–H groups in total. The average Bonchev–Trinajstić information content (AvgIpc) is 2.77. The number of hydrogen-bond donors (Lipinski definition) is 1. The summed E-state index contributed by atoms with van der Waals surface area (Å²) in [6, 6.07) is 0.512. The van der Waals surface area contributed by atoms with Gasteiger partial charge >= 0.3 is 0 Å². The number of thiazole rings is 1. The quantitative estimate of drug-likeness (QED) is 0.859. The zero-order chi connectivity index (χ0) is 13.0. The van der Waals surface area contributed by atoms with Gasteiger partial charge in [-0.3, -0.25) is 0 Å². The third-order valence-corrected chi connectivity index (χ3v) is 4.60. The molecule has 1 atom stereocenters. The van der Waals surface area contributed by atoms with Crippen LogP contribution in [0.25, 0.3) is 0 Å². The third kappa shape index (κ3) is 3.53. The summed E-state index contributed by atoms with van der Waals surface area (Å²) in [5, 5.41) is 4.96. The summed E-state index contributed by atoms with van der Waals surface area (Å²) in [6.07, 6.45) is 6.08. The zero-order valence-electron chi connectivity index (χ0n) is 11.8. The standard InChI is InChI=1S/C14H25N3S/c1-4-9-15-11-6-5-7-12-14(11)16-13(18-12)8-10-17(2)3/h11,15H,4-10H2,1-3H3. The van der Waals surface area contributed by atoms with E-state index in [4.69, 9.17) is 4.98 Å². The van der Waals surface area contributed by atoms with Gasteiger partial charge in [0.25, 0.3) is 0 Å². The van der Waals surface area contributed by atoms with Crippen LogP contribution in [0.2, 0.25) is 0 Å². The number of hydrogen-bond acceptors (Lipinski definition) is 4. The van der Waals surface area contributed by atoms with E-state index >= 15 is 0 Å². The molecule has 0 radical (unpaired) electrons. The normalized spacial score (nSPS) is 19.2. The molecule has 18 heavy (non-hydrogen) atoms. The molecule has 1 unspecified atom stereocenters. The number of nitrogens with zero attached hydrogens (tertiary/aromatic N) is 2. The Labute approximate surface area is 115 Å². The van der Waals surface area contributed by atoms with E-state index in [2.05, 4.69) is 31.2 Å². The van der Waals surface area contributed by atoms with Crippen molar-refractivity contribution in [2.24, 2.45) is 0 Å². The number of aromatic nitrogens is 1. The van der Waals surface area contributed by atoms with E-state index in [1.165, 1.54) is 41.3 Å². The molecule has 1 heterocycles. The summed E-state index contributed by atoms with van der Waals surface area (Å²) in [4.78, 5) is 8.65. The lowest BCUT2D eigenvalue weighted by molar-refractivity contribution is 0.412. The average molecular weight is 267 g/mol. The van der Waals surface area contributed by atoms with E-state index in [9.17, 15) is 0 Å². The maximum Gasteiger partial charge on any atom is 0.0944 e. The van der Waals surface area contributed by atoms with Gasteiger partial charge < -0.3 is 10.2 Å². The Balaban J connectivity index is 2.03. The highest BCUT2D eigenvalue weighted by Gasteiger charge is 2.23. The van der Waals surface area contributed by atoms with Crippen LogP contribution in [-0.2, 0) is 12.8 Å². The Morgan fingerprint density at radius 3 is 3.00 bits per heavy atom. The van der Waals surface area contributed by atoms with Gasteiger partial charge in [-0.1, -0.05) is 6.92 Å². The van der Waals surface area contributed by atoms with Crippen LogP contribution in [0.4, 0.5) is 0 Å². The van der Waals surface area contributed by atoms with Crippen molar-refractivity contribution >= 4 is 11.3 Å². The van der Waals surface area contributed by atoms with Gasteiger partial charge in [0.15, 0.2) is 0 Å². The van der Waals surface area contributed by atoms with Gasteiger partial charge in [-0.2, -0.15) is 0 Å². The smallest absolute Gasteiger partial charge is 0.0944 e. The zero-order valence-corrected chi connectivity index (χ0v) is 12.6. The van der Waals surface area contributed by atoms with Crippen LogP contribution in [-0.4, -0.2) is 37.1 Å². The summed E-state index contributed by atoms with van der Waals surface area (Å²) in [6.45, 7) is 4.43. The first-order valence-electron chi connectivity index (χ1n) is 7.07. The summed E-state index contributed by atoms with van der Waals surface area (Å²) in [5.41, 5.74) is 1.36. The Morgan fingerprint density at radius 1 is 1.44 bits per heavy atom. The molecule has 0 saturated heterocycles. The van der Waals surface area contributed by atoms with Crippen LogP contribution in [0.3, 0.4) is 0 Å². The predicted octanol–water partition coefficient (Wildman–Crippen LogP) is 2.62. The Bertz CT molecular complexity index is 373. The van der Waals surface area contributed by atoms with E-state index in [0.29, 0.717) is 6.04 Å². The lowest BCUT2D eigenvalue weighted by atomic mass is 9.97. The van der Waals surface area contributed by atoms with Gasteiger partial charge in [0, 0.05) is 17.8 Å². The number of fused-ring (bicyclic) bond motifs is 1. The number of nitrogens with one attached hydrogen (secondary N) is 1. The van der Waals surface area contributed by atoms with Gasteiger partial charge in [0.1, 0.15) is 0 Å². The topological polar surface area (TPSA) is 28.2 Å². The monoisotopic (exact) mass is 267 g/mol. The molecule has 0 saturated carbocycles. The molecule has 0 amide bonds. The van der Waals surface area contributed by atoms with Crippen molar-refractivity contribution in [3.63, 3.8) is 0 Å². The predicted molar refractivity (Wildman–Crippen MR) is 78.3 cm³/mol. The fraction of sp³-hybridized carbons (Fsp3) is 0.786. The van der Waals surface area contributed by atoms with E-state index in [-0.39, 0.29) is 0 Å². The van der Waals surface area contributed by atoms with E-state index < -0.39 is 0 Å². The highest BCUT2D eigenvalue weighted by molar-refractivity contribution is 7.11. The SMILES string of the molecule is CCCNC1CCCc2sc(CCN(C)C)nc21. The minimum Gasteiger partial charge on any atom is -0.309 e. The van der Waals surface area contributed by atoms with Crippen molar-refractivity contribution in [3.05, 3.63) is 15.6 Å². The van der Waals surface area contributed by atoms with E-state index in [1.807, 2.05) is 11.3 Å². The van der Waals surface area contributed by atoms with Crippen LogP contribution in [0.1, 0.15) is 47.8 Å². The first kappa shape index (κ1) is 14.0. The fourth-order valence-electron chi connectivity index (χ4n) is 2.41. The molecule has 1 aliphatic carbocycles. The number of rotatable bonds is 6. The molecular formula is C14H25N3S. The lowest BCUT2D eigenvalue weighted by Gasteiger charge is -2.22. The number of likely N-dealkylation sites (N-methyl/N-ethyl adjacent to an activating group) is 1. The molecule has 0 fully saturated rings. The minimum absolute atomic E-state index is 0.512. The molecule has 4 heteroatoms. The minimum atomic E-state index is 0.512. The molecule has 0 aliphatic heterocycles. The first-order chi connectivity index (χ1) is 8.70. The van der Waals surface area contributed by atoms with Crippen LogP contribution in [0.15, 0.2) is 0 Å². The van der Waals surface area contributed by atoms with Crippen molar-refractivity contribution in [1.82, 2.24) is 15.2 Å². The molecule has 1 aromatic rings. The third-order valence-electron chi connectivity index (χ3n) is 3.41. The van der Waals surface area contributed by atoms with E-state index in [1.54, 1.807) is 0 Å². The van der Waals surface area contributed by atoms with E-state index in [0.717, 1.165) is 19.5 Å². The second-order valence-corrected chi connectivity index (χ2v) is 6.54. The number of aryl methyl sites for hydroxylation is 1. The van der Waals surface area contributed by atoms with Crippen molar-refractivity contribution in [1.29, 1.82) is 0 Å². The van der Waals surface area contributed by atoms with Crippen LogP contribution in [0.5, 0.6) is 0 Å². The fourth-order valence-corrected chi connectivity index (χ4v) is 3.57. The molecule has 0 aromatic carbocycles. The summed E-state index contributed by atoms with van der Waals surface area (Å²) >= 11 is 1.94. The highest BCUT2D eigenvalue weighted by atomic mass is 32.1. The first-order valence-corrected chi connectivity index (χ1v) is 7.89. The highest BCUT2D eigenvalue weighted by Crippen LogP contribution is 2.33. The molecule has 1 aromatic heterocycles. The van der Waals surface area contributed by atoms with Crippen LogP contribution >= 0.6 is 11.3 Å². The maximum absolute atomic E-state index is 4.89. The second-order valence-electron chi connectivity index (χ2n) is 5.37. The summed E-state index contributed by atoms with van der Waals surface area (Å²) < 4.78 is 0. The molecular weight excluding hydrogens is 242 g/mol. The van der Waals surface area contributed by atoms with Gasteiger partial charge in [0.2, 0.25) is 0 Å². The van der Waals surface area contributed by atoms with Crippen molar-refractivity contribution in [3.8, 4) is 0 Å². The molecule has 0 spiro atoms. The Kier molecular flexibility index (Phi) is 5.15. The van der Waals surface area contributed by atoms with Gasteiger partial charge in [-0.15, -0.1) is 11.3 Å².